The summed E-state index contributed by atoms with van der Waals surface area (Å²) in [6.07, 6.45) is 2.44. The number of ether oxygens (including phenoxy) is 2. The van der Waals surface area contributed by atoms with Gasteiger partial charge in [-0.1, -0.05) is 38.7 Å². The third-order valence-corrected chi connectivity index (χ3v) is 7.25. The number of allylic oxidation sites excluding steroid dienone is 2. The number of rotatable bonds is 8. The van der Waals surface area contributed by atoms with Crippen molar-refractivity contribution in [2.75, 3.05) is 0 Å². The lowest BCUT2D eigenvalue weighted by molar-refractivity contribution is -0.212. The molecule has 1 saturated carbocycles. The molecule has 2 aliphatic carbocycles. The average molecular weight is 433 g/mol. The van der Waals surface area contributed by atoms with E-state index >= 15 is 0 Å². The summed E-state index contributed by atoms with van der Waals surface area (Å²) in [6.45, 7) is 14.0. The van der Waals surface area contributed by atoms with Crippen LogP contribution in [0.15, 0.2) is 36.5 Å². The first kappa shape index (κ1) is 24.7. The molecule has 7 unspecified atom stereocenters. The lowest BCUT2D eigenvalue weighted by Gasteiger charge is -2.61. The van der Waals surface area contributed by atoms with E-state index in [-0.39, 0.29) is 17.9 Å². The molecule has 0 spiro atoms. The van der Waals surface area contributed by atoms with Crippen LogP contribution in [0, 0.1) is 22.7 Å². The molecule has 0 saturated heterocycles. The Morgan fingerprint density at radius 2 is 1.87 bits per heavy atom. The predicted molar refractivity (Wildman–Crippen MR) is 114 cm³/mol. The Labute approximate surface area is 183 Å². The summed E-state index contributed by atoms with van der Waals surface area (Å²) in [5.41, 5.74) is -1.41. The summed E-state index contributed by atoms with van der Waals surface area (Å²) in [5.74, 6) is -1.99. The molecule has 0 aromatic rings. The second-order valence-corrected chi connectivity index (χ2v) is 8.90. The summed E-state index contributed by atoms with van der Waals surface area (Å²) in [5, 5.41) is 11.3. The van der Waals surface area contributed by atoms with Gasteiger partial charge in [0.25, 0.3) is 0 Å². The van der Waals surface area contributed by atoms with Crippen molar-refractivity contribution in [2.45, 2.75) is 65.3 Å². The van der Waals surface area contributed by atoms with E-state index in [9.17, 15) is 24.3 Å². The van der Waals surface area contributed by atoms with E-state index in [1.54, 1.807) is 6.08 Å². The Hall–Kier alpha value is -2.54. The molecule has 0 aromatic carbocycles. The zero-order chi connectivity index (χ0) is 23.6. The predicted octanol–water partition coefficient (Wildman–Crippen LogP) is 2.72. The summed E-state index contributed by atoms with van der Waals surface area (Å²) in [6, 6.07) is 0. The number of aliphatic hydroxyl groups is 1. The summed E-state index contributed by atoms with van der Waals surface area (Å²) < 4.78 is 10.9. The van der Waals surface area contributed by atoms with E-state index in [2.05, 4.69) is 13.2 Å². The van der Waals surface area contributed by atoms with Crippen LogP contribution in [0.1, 0.15) is 47.0 Å². The first-order chi connectivity index (χ1) is 14.5. The molecule has 0 heterocycles. The highest BCUT2D eigenvalue weighted by molar-refractivity contribution is 5.86. The smallest absolute Gasteiger partial charge is 0.303 e. The maximum atomic E-state index is 12.6. The Bertz CT molecular complexity index is 813. The normalized spacial score (nSPS) is 36.9. The summed E-state index contributed by atoms with van der Waals surface area (Å²) in [7, 11) is 0. The standard InChI is InChI=1S/C24H32O7/c1-7-14(2)8-9-23(6)15(3)21(31-17(5)28)22(29)24(13-26)18(12-25)10-19(11-20(23)24)30-16(4)27/h7,10,12-13,15,19-22,29H,1-2,8-9,11H2,3-6H3. The zero-order valence-corrected chi connectivity index (χ0v) is 18.6. The number of aldehydes is 2. The van der Waals surface area contributed by atoms with Crippen LogP contribution in [0.2, 0.25) is 0 Å². The maximum absolute atomic E-state index is 12.6. The van der Waals surface area contributed by atoms with Gasteiger partial charge in [-0.3, -0.25) is 14.4 Å². The number of aliphatic hydroxyl groups excluding tert-OH is 1. The van der Waals surface area contributed by atoms with E-state index in [0.717, 1.165) is 5.57 Å². The first-order valence-electron chi connectivity index (χ1n) is 10.4. The second-order valence-electron chi connectivity index (χ2n) is 8.90. The van der Waals surface area contributed by atoms with Crippen LogP contribution in [-0.2, 0) is 28.7 Å². The Kier molecular flexibility index (Phi) is 7.42. The Morgan fingerprint density at radius 3 is 2.35 bits per heavy atom. The highest BCUT2D eigenvalue weighted by atomic mass is 16.6. The van der Waals surface area contributed by atoms with Crippen molar-refractivity contribution in [3.63, 3.8) is 0 Å². The van der Waals surface area contributed by atoms with Gasteiger partial charge in [0.2, 0.25) is 0 Å². The van der Waals surface area contributed by atoms with Crippen LogP contribution in [0.3, 0.4) is 0 Å². The van der Waals surface area contributed by atoms with Gasteiger partial charge in [-0.15, -0.1) is 0 Å². The van der Waals surface area contributed by atoms with Crippen molar-refractivity contribution in [1.82, 2.24) is 0 Å². The number of carbonyl (C=O) groups excluding carboxylic acids is 4. The fourth-order valence-electron chi connectivity index (χ4n) is 5.42. The lowest BCUT2D eigenvalue weighted by Crippen LogP contribution is -2.66. The van der Waals surface area contributed by atoms with Crippen molar-refractivity contribution in [2.24, 2.45) is 22.7 Å². The molecular formula is C24H32O7. The van der Waals surface area contributed by atoms with E-state index in [0.29, 0.717) is 25.4 Å². The highest BCUT2D eigenvalue weighted by Crippen LogP contribution is 2.62. The fourth-order valence-corrected chi connectivity index (χ4v) is 5.42. The van der Waals surface area contributed by atoms with Gasteiger partial charge in [0.15, 0.2) is 0 Å². The number of hydrogen-bond donors (Lipinski definition) is 1. The average Bonchev–Trinajstić information content (AvgIpc) is 2.72. The van der Waals surface area contributed by atoms with Gasteiger partial charge in [0.05, 0.1) is 5.41 Å². The van der Waals surface area contributed by atoms with Crippen molar-refractivity contribution in [3.05, 3.63) is 36.5 Å². The quantitative estimate of drug-likeness (QED) is 0.357. The minimum atomic E-state index is -1.59. The van der Waals surface area contributed by atoms with Crippen molar-refractivity contribution in [3.8, 4) is 0 Å². The number of fused-ring (bicyclic) bond motifs is 1. The second kappa shape index (κ2) is 9.30. The summed E-state index contributed by atoms with van der Waals surface area (Å²) in [4.78, 5) is 48.1. The lowest BCUT2D eigenvalue weighted by atomic mass is 9.44. The minimum absolute atomic E-state index is 0.0373. The van der Waals surface area contributed by atoms with Crippen LogP contribution >= 0.6 is 0 Å². The molecule has 1 N–H and O–H groups in total. The molecule has 31 heavy (non-hydrogen) atoms. The first-order valence-corrected chi connectivity index (χ1v) is 10.4. The highest BCUT2D eigenvalue weighted by Gasteiger charge is 2.66. The SMILES string of the molecule is C=CC(=C)CCC1(C)C(C)C(OC(C)=O)C(O)C2(C=O)C(C=O)=CC(OC(C)=O)CC12. The largest absolute Gasteiger partial charge is 0.459 e. The third-order valence-electron chi connectivity index (χ3n) is 7.25. The van der Waals surface area contributed by atoms with Gasteiger partial charge in [0.1, 0.15) is 30.9 Å². The molecule has 1 fully saturated rings. The van der Waals surface area contributed by atoms with Gasteiger partial charge >= 0.3 is 11.9 Å². The molecule has 7 heteroatoms. The van der Waals surface area contributed by atoms with Gasteiger partial charge in [0, 0.05) is 25.3 Å². The maximum Gasteiger partial charge on any atom is 0.303 e. The van der Waals surface area contributed by atoms with Gasteiger partial charge in [-0.05, 0) is 36.7 Å². The molecule has 0 bridgehead atoms. The van der Waals surface area contributed by atoms with Crippen LogP contribution in [0.25, 0.3) is 0 Å². The molecule has 170 valence electrons. The van der Waals surface area contributed by atoms with E-state index in [4.69, 9.17) is 9.47 Å². The molecule has 0 amide bonds. The number of hydrogen-bond acceptors (Lipinski definition) is 7. The molecular weight excluding hydrogens is 400 g/mol. The number of esters is 2. The van der Waals surface area contributed by atoms with Crippen molar-refractivity contribution < 1.29 is 33.8 Å². The molecule has 7 atom stereocenters. The van der Waals surface area contributed by atoms with E-state index in [1.807, 2.05) is 13.8 Å². The van der Waals surface area contributed by atoms with Crippen LogP contribution in [0.5, 0.6) is 0 Å². The van der Waals surface area contributed by atoms with Crippen LogP contribution < -0.4 is 0 Å². The van der Waals surface area contributed by atoms with Crippen molar-refractivity contribution in [1.29, 1.82) is 0 Å². The van der Waals surface area contributed by atoms with Crippen molar-refractivity contribution >= 4 is 24.5 Å². The Balaban J connectivity index is 2.70. The molecule has 2 rings (SSSR count). The molecule has 0 radical (unpaired) electrons. The molecule has 2 aliphatic rings. The zero-order valence-electron chi connectivity index (χ0n) is 18.6. The minimum Gasteiger partial charge on any atom is -0.459 e. The third kappa shape index (κ3) is 4.28. The monoisotopic (exact) mass is 432 g/mol. The molecule has 7 nitrogen and oxygen atoms in total. The van der Waals surface area contributed by atoms with Gasteiger partial charge < -0.3 is 19.4 Å². The summed E-state index contributed by atoms with van der Waals surface area (Å²) >= 11 is 0. The number of carbonyl (C=O) groups is 4. The molecule has 0 aromatic heterocycles. The van der Waals surface area contributed by atoms with Gasteiger partial charge in [-0.25, -0.2) is 0 Å². The van der Waals surface area contributed by atoms with Crippen LogP contribution in [0.4, 0.5) is 0 Å². The van der Waals surface area contributed by atoms with E-state index in [1.165, 1.54) is 19.9 Å². The van der Waals surface area contributed by atoms with Gasteiger partial charge in [-0.2, -0.15) is 0 Å². The molecule has 0 aliphatic heterocycles. The van der Waals surface area contributed by atoms with Crippen LogP contribution in [-0.4, -0.2) is 47.9 Å². The topological polar surface area (TPSA) is 107 Å². The van der Waals surface area contributed by atoms with E-state index < -0.39 is 47.0 Å². The Morgan fingerprint density at radius 1 is 1.26 bits per heavy atom. The fraction of sp³-hybridized carbons (Fsp3) is 0.583.